The van der Waals surface area contributed by atoms with Crippen LogP contribution in [0.3, 0.4) is 0 Å². The van der Waals surface area contributed by atoms with Crippen molar-refractivity contribution in [1.82, 2.24) is 0 Å². The lowest BCUT2D eigenvalue weighted by Crippen LogP contribution is -2.34. The summed E-state index contributed by atoms with van der Waals surface area (Å²) in [6.07, 6.45) is 0. The van der Waals surface area contributed by atoms with E-state index < -0.39 is 17.5 Å². The summed E-state index contributed by atoms with van der Waals surface area (Å²) in [6.45, 7) is 0. The van der Waals surface area contributed by atoms with Crippen LogP contribution in [0.15, 0.2) is 0 Å². The summed E-state index contributed by atoms with van der Waals surface area (Å²) in [6, 6.07) is 0. The molecular formula is C3H5N3O2. The Balaban J connectivity index is 4.05. The molecule has 2 amide bonds. The molecule has 5 heteroatoms. The third-order valence-electron chi connectivity index (χ3n) is 0.493. The fourth-order valence-electron chi connectivity index (χ4n) is 0.121. The van der Waals surface area contributed by atoms with Gasteiger partial charge in [0.1, 0.15) is 0 Å². The average Bonchev–Trinajstić information content (AvgIpc) is 1.64. The van der Waals surface area contributed by atoms with Gasteiger partial charge in [0, 0.05) is 0 Å². The lowest BCUT2D eigenvalue weighted by molar-refractivity contribution is -0.115. The summed E-state index contributed by atoms with van der Waals surface area (Å²) in [5, 5.41) is 6.45. The van der Waals surface area contributed by atoms with Crippen molar-refractivity contribution in [2.24, 2.45) is 11.5 Å². The molecule has 0 aromatic carbocycles. The summed E-state index contributed by atoms with van der Waals surface area (Å²) < 4.78 is 0. The van der Waals surface area contributed by atoms with Gasteiger partial charge in [-0.2, -0.15) is 0 Å². The minimum absolute atomic E-state index is 0.870. The molecule has 5 N–H and O–H groups in total. The predicted molar refractivity (Wildman–Crippen MR) is 26.1 cm³/mol. The van der Waals surface area contributed by atoms with Gasteiger partial charge >= 0.3 is 0 Å². The fraction of sp³-hybridized carbons (Fsp3) is 0. The first-order valence-electron chi connectivity index (χ1n) is 1.74. The zero-order valence-electron chi connectivity index (χ0n) is 3.97. The summed E-state index contributed by atoms with van der Waals surface area (Å²) >= 11 is 0. The summed E-state index contributed by atoms with van der Waals surface area (Å²) in [5.74, 6) is -2.20. The molecule has 0 rings (SSSR count). The molecule has 0 aromatic rings. The number of carbonyl (C=O) groups is 2. The lowest BCUT2D eigenvalue weighted by atomic mass is 10.3. The normalized spacial score (nSPS) is 8.00. The van der Waals surface area contributed by atoms with Crippen molar-refractivity contribution in [2.75, 3.05) is 0 Å². The van der Waals surface area contributed by atoms with E-state index in [0.29, 0.717) is 0 Å². The Morgan fingerprint density at radius 3 is 1.38 bits per heavy atom. The molecule has 44 valence electrons. The first-order chi connectivity index (χ1) is 3.55. The van der Waals surface area contributed by atoms with Crippen molar-refractivity contribution in [2.45, 2.75) is 0 Å². The Hall–Kier alpha value is -1.39. The molecule has 0 fully saturated rings. The zero-order chi connectivity index (χ0) is 6.73. The Morgan fingerprint density at radius 2 is 1.38 bits per heavy atom. The number of amides is 2. The van der Waals surface area contributed by atoms with Crippen LogP contribution in [0.2, 0.25) is 0 Å². The maximum Gasteiger partial charge on any atom is 0.272 e. The van der Waals surface area contributed by atoms with E-state index in [1.165, 1.54) is 0 Å². The fourth-order valence-corrected chi connectivity index (χ4v) is 0.121. The van der Waals surface area contributed by atoms with Gasteiger partial charge in [-0.3, -0.25) is 15.0 Å². The quantitative estimate of drug-likeness (QED) is 0.285. The second kappa shape index (κ2) is 2.06. The molecule has 0 aliphatic heterocycles. The minimum Gasteiger partial charge on any atom is -0.364 e. The molecule has 5 nitrogen and oxygen atoms in total. The molecule has 0 radical (unpaired) electrons. The van der Waals surface area contributed by atoms with Crippen molar-refractivity contribution in [1.29, 1.82) is 5.41 Å². The van der Waals surface area contributed by atoms with Crippen molar-refractivity contribution in [3.05, 3.63) is 0 Å². The van der Waals surface area contributed by atoms with E-state index in [1.807, 2.05) is 0 Å². The number of nitrogens with one attached hydrogen (secondary N) is 1. The maximum atomic E-state index is 9.84. The second-order valence-electron chi connectivity index (χ2n) is 1.10. The van der Waals surface area contributed by atoms with E-state index in [2.05, 4.69) is 11.5 Å². The number of carbonyl (C=O) groups excluding carboxylic acids is 2. The SMILES string of the molecule is N=C(C(N)=O)C(N)=O. The second-order valence-corrected chi connectivity index (χ2v) is 1.10. The van der Waals surface area contributed by atoms with E-state index in [9.17, 15) is 9.59 Å². The molecule has 0 aromatic heterocycles. The highest BCUT2D eigenvalue weighted by Crippen LogP contribution is 1.64. The van der Waals surface area contributed by atoms with Crippen LogP contribution in [-0.2, 0) is 9.59 Å². The van der Waals surface area contributed by atoms with Gasteiger partial charge in [-0.1, -0.05) is 0 Å². The van der Waals surface area contributed by atoms with Crippen LogP contribution >= 0.6 is 0 Å². The molecule has 0 bridgehead atoms. The van der Waals surface area contributed by atoms with Gasteiger partial charge in [-0.05, 0) is 0 Å². The third-order valence-corrected chi connectivity index (χ3v) is 0.493. The standard InChI is InChI=1S/C3H5N3O2/c4-1(2(5)7)3(6)8/h4H,(H2,5,7)(H2,6,8). The van der Waals surface area contributed by atoms with Crippen molar-refractivity contribution in [3.63, 3.8) is 0 Å². The highest BCUT2D eigenvalue weighted by atomic mass is 16.2. The van der Waals surface area contributed by atoms with E-state index >= 15 is 0 Å². The topological polar surface area (TPSA) is 110 Å². The van der Waals surface area contributed by atoms with Crippen LogP contribution in [0.5, 0.6) is 0 Å². The van der Waals surface area contributed by atoms with Crippen LogP contribution in [0.4, 0.5) is 0 Å². The van der Waals surface area contributed by atoms with Gasteiger partial charge in [0.2, 0.25) is 0 Å². The average molecular weight is 115 g/mol. The van der Waals surface area contributed by atoms with Gasteiger partial charge in [0.25, 0.3) is 11.8 Å². The van der Waals surface area contributed by atoms with Crippen LogP contribution < -0.4 is 11.5 Å². The van der Waals surface area contributed by atoms with E-state index in [1.54, 1.807) is 0 Å². The van der Waals surface area contributed by atoms with Gasteiger partial charge in [-0.25, -0.2) is 0 Å². The highest BCUT2D eigenvalue weighted by molar-refractivity contribution is 6.63. The Labute approximate surface area is 45.2 Å². The van der Waals surface area contributed by atoms with Crippen LogP contribution in [0, 0.1) is 5.41 Å². The van der Waals surface area contributed by atoms with Crippen LogP contribution in [0.25, 0.3) is 0 Å². The Bertz CT molecular complexity index is 135. The largest absolute Gasteiger partial charge is 0.364 e. The molecule has 0 saturated heterocycles. The Kier molecular flexibility index (Phi) is 1.70. The summed E-state index contributed by atoms with van der Waals surface area (Å²) in [5.41, 5.74) is 8.07. The minimum atomic E-state index is -1.10. The highest BCUT2D eigenvalue weighted by Gasteiger charge is 2.08. The Morgan fingerprint density at radius 1 is 1.12 bits per heavy atom. The number of nitrogens with two attached hydrogens (primary N) is 2. The monoisotopic (exact) mass is 115 g/mol. The van der Waals surface area contributed by atoms with Gasteiger partial charge in [-0.15, -0.1) is 0 Å². The molecular weight excluding hydrogens is 110 g/mol. The molecule has 0 atom stereocenters. The number of primary amides is 2. The van der Waals surface area contributed by atoms with Crippen LogP contribution in [0.1, 0.15) is 0 Å². The van der Waals surface area contributed by atoms with Gasteiger partial charge < -0.3 is 11.5 Å². The summed E-state index contributed by atoms with van der Waals surface area (Å²) in [7, 11) is 0. The molecule has 0 saturated carbocycles. The van der Waals surface area contributed by atoms with Crippen molar-refractivity contribution >= 4 is 17.5 Å². The first kappa shape index (κ1) is 6.61. The van der Waals surface area contributed by atoms with Crippen molar-refractivity contribution in [3.8, 4) is 0 Å². The van der Waals surface area contributed by atoms with Crippen molar-refractivity contribution < 1.29 is 9.59 Å². The van der Waals surface area contributed by atoms with E-state index in [-0.39, 0.29) is 0 Å². The predicted octanol–water partition coefficient (Wildman–Crippen LogP) is -2.02. The number of rotatable bonds is 2. The molecule has 0 aliphatic carbocycles. The van der Waals surface area contributed by atoms with Gasteiger partial charge in [0.15, 0.2) is 5.71 Å². The smallest absolute Gasteiger partial charge is 0.272 e. The van der Waals surface area contributed by atoms with Gasteiger partial charge in [0.05, 0.1) is 0 Å². The third kappa shape index (κ3) is 1.38. The first-order valence-corrected chi connectivity index (χ1v) is 1.74. The van der Waals surface area contributed by atoms with E-state index in [0.717, 1.165) is 0 Å². The number of hydrogen-bond donors (Lipinski definition) is 3. The summed E-state index contributed by atoms with van der Waals surface area (Å²) in [4.78, 5) is 19.7. The maximum absolute atomic E-state index is 9.84. The zero-order valence-corrected chi connectivity index (χ0v) is 3.97. The molecule has 0 aliphatic rings. The number of hydrogen-bond acceptors (Lipinski definition) is 3. The molecule has 0 heterocycles. The van der Waals surface area contributed by atoms with E-state index in [4.69, 9.17) is 5.41 Å². The molecule has 0 spiro atoms. The lowest BCUT2D eigenvalue weighted by Gasteiger charge is -1.86. The molecule has 8 heavy (non-hydrogen) atoms. The van der Waals surface area contributed by atoms with Crippen LogP contribution in [-0.4, -0.2) is 17.5 Å². The molecule has 0 unspecified atom stereocenters.